The largest absolute Gasteiger partial charge is 0.376 e. The number of carbonyl (C=O) groups excluding carboxylic acids is 1. The lowest BCUT2D eigenvalue weighted by atomic mass is 9.96. The molecule has 0 saturated heterocycles. The number of benzene rings is 1. The van der Waals surface area contributed by atoms with Crippen molar-refractivity contribution in [3.63, 3.8) is 0 Å². The highest BCUT2D eigenvalue weighted by Crippen LogP contribution is 2.17. The Morgan fingerprint density at radius 1 is 1.21 bits per heavy atom. The second kappa shape index (κ2) is 12.4. The van der Waals surface area contributed by atoms with Crippen LogP contribution in [0, 0.1) is 5.92 Å². The van der Waals surface area contributed by atoms with Gasteiger partial charge in [0.1, 0.15) is 6.54 Å². The van der Waals surface area contributed by atoms with Crippen LogP contribution in [0.5, 0.6) is 0 Å². The third-order valence-corrected chi connectivity index (χ3v) is 4.95. The quantitative estimate of drug-likeness (QED) is 0.504. The van der Waals surface area contributed by atoms with E-state index in [9.17, 15) is 4.79 Å². The van der Waals surface area contributed by atoms with Crippen molar-refractivity contribution in [2.45, 2.75) is 51.7 Å². The van der Waals surface area contributed by atoms with Crippen molar-refractivity contribution in [1.82, 2.24) is 15.5 Å². The summed E-state index contributed by atoms with van der Waals surface area (Å²) >= 11 is 0. The first-order valence-electron chi connectivity index (χ1n) is 10.4. The second-order valence-electron chi connectivity index (χ2n) is 7.92. The van der Waals surface area contributed by atoms with E-state index in [1.54, 1.807) is 19.0 Å². The van der Waals surface area contributed by atoms with Gasteiger partial charge in [0.25, 0.3) is 0 Å². The van der Waals surface area contributed by atoms with Crippen molar-refractivity contribution in [3.05, 3.63) is 35.9 Å². The molecule has 2 rings (SSSR count). The molecule has 1 aromatic carbocycles. The second-order valence-corrected chi connectivity index (χ2v) is 7.92. The van der Waals surface area contributed by atoms with Crippen LogP contribution in [0.15, 0.2) is 35.3 Å². The van der Waals surface area contributed by atoms with E-state index in [-0.39, 0.29) is 12.5 Å². The first-order chi connectivity index (χ1) is 13.5. The molecule has 0 heterocycles. The van der Waals surface area contributed by atoms with E-state index in [4.69, 9.17) is 4.74 Å². The highest BCUT2D eigenvalue weighted by Gasteiger charge is 2.15. The van der Waals surface area contributed by atoms with Crippen LogP contribution in [0.2, 0.25) is 0 Å². The van der Waals surface area contributed by atoms with Crippen LogP contribution in [0.3, 0.4) is 0 Å². The van der Waals surface area contributed by atoms with Gasteiger partial charge in [-0.3, -0.25) is 4.79 Å². The minimum absolute atomic E-state index is 0.00369. The molecule has 1 atom stereocenters. The Balaban J connectivity index is 1.78. The van der Waals surface area contributed by atoms with Crippen LogP contribution in [-0.4, -0.2) is 56.6 Å². The molecule has 156 valence electrons. The molecular formula is C22H36N4O2. The molecule has 0 spiro atoms. The smallest absolute Gasteiger partial charge is 0.243 e. The number of amides is 1. The number of guanidine groups is 1. The van der Waals surface area contributed by atoms with Crippen LogP contribution < -0.4 is 10.6 Å². The summed E-state index contributed by atoms with van der Waals surface area (Å²) in [5.41, 5.74) is 1.19. The maximum Gasteiger partial charge on any atom is 0.243 e. The average Bonchev–Trinajstić information content (AvgIpc) is 2.71. The van der Waals surface area contributed by atoms with Gasteiger partial charge in [0, 0.05) is 26.7 Å². The molecule has 1 fully saturated rings. The molecule has 6 heteroatoms. The summed E-state index contributed by atoms with van der Waals surface area (Å²) in [6, 6.07) is 10.7. The van der Waals surface area contributed by atoms with Crippen molar-refractivity contribution in [1.29, 1.82) is 0 Å². The van der Waals surface area contributed by atoms with Crippen LogP contribution >= 0.6 is 0 Å². The summed E-state index contributed by atoms with van der Waals surface area (Å²) in [5.74, 6) is 1.08. The molecule has 1 aliphatic carbocycles. The molecule has 6 nitrogen and oxygen atoms in total. The first-order valence-corrected chi connectivity index (χ1v) is 10.4. The third-order valence-electron chi connectivity index (χ3n) is 4.95. The Hall–Kier alpha value is -2.08. The van der Waals surface area contributed by atoms with Crippen molar-refractivity contribution < 1.29 is 9.53 Å². The monoisotopic (exact) mass is 388 g/mol. The molecule has 2 N–H and O–H groups in total. The van der Waals surface area contributed by atoms with Crippen molar-refractivity contribution in [2.24, 2.45) is 10.9 Å². The topological polar surface area (TPSA) is 66.0 Å². The van der Waals surface area contributed by atoms with E-state index >= 15 is 0 Å². The third kappa shape index (κ3) is 8.74. The SMILES string of the molecule is CC(CNC(=NCC(=O)N(C)C)NC1CCCCC1)COCc1ccccc1. The van der Waals surface area contributed by atoms with Crippen molar-refractivity contribution in [3.8, 4) is 0 Å². The fourth-order valence-corrected chi connectivity index (χ4v) is 3.16. The first kappa shape index (κ1) is 22.2. The van der Waals surface area contributed by atoms with Crippen molar-refractivity contribution >= 4 is 11.9 Å². The van der Waals surface area contributed by atoms with Crippen LogP contribution in [-0.2, 0) is 16.1 Å². The number of aliphatic imine (C=N–C) groups is 1. The normalized spacial score (nSPS) is 16.5. The molecule has 1 amide bonds. The Bertz CT molecular complexity index is 598. The Morgan fingerprint density at radius 2 is 1.93 bits per heavy atom. The zero-order valence-corrected chi connectivity index (χ0v) is 17.6. The van der Waals surface area contributed by atoms with E-state index in [1.807, 2.05) is 18.2 Å². The summed E-state index contributed by atoms with van der Waals surface area (Å²) in [4.78, 5) is 18.0. The fraction of sp³-hybridized carbons (Fsp3) is 0.636. The van der Waals surface area contributed by atoms with Gasteiger partial charge in [0.2, 0.25) is 5.91 Å². The number of rotatable bonds is 9. The van der Waals surface area contributed by atoms with Gasteiger partial charge in [-0.25, -0.2) is 4.99 Å². The number of carbonyl (C=O) groups is 1. The summed E-state index contributed by atoms with van der Waals surface area (Å²) in [5, 5.41) is 6.91. The van der Waals surface area contributed by atoms with Gasteiger partial charge in [0.15, 0.2) is 5.96 Å². The summed E-state index contributed by atoms with van der Waals surface area (Å²) in [6.07, 6.45) is 6.15. The molecular weight excluding hydrogens is 352 g/mol. The number of hydrogen-bond donors (Lipinski definition) is 2. The predicted octanol–water partition coefficient (Wildman–Crippen LogP) is 2.80. The highest BCUT2D eigenvalue weighted by atomic mass is 16.5. The predicted molar refractivity (Wildman–Crippen MR) is 114 cm³/mol. The van der Waals surface area contributed by atoms with Crippen molar-refractivity contribution in [2.75, 3.05) is 33.8 Å². The lowest BCUT2D eigenvalue weighted by Crippen LogP contribution is -2.46. The zero-order chi connectivity index (χ0) is 20.2. The lowest BCUT2D eigenvalue weighted by molar-refractivity contribution is -0.127. The molecule has 0 aliphatic heterocycles. The molecule has 1 aromatic rings. The zero-order valence-electron chi connectivity index (χ0n) is 17.6. The minimum Gasteiger partial charge on any atom is -0.376 e. The van der Waals surface area contributed by atoms with Gasteiger partial charge in [-0.15, -0.1) is 0 Å². The number of hydrogen-bond acceptors (Lipinski definition) is 3. The average molecular weight is 389 g/mol. The Labute approximate surface area is 169 Å². The van der Waals surface area contributed by atoms with E-state index in [2.05, 4.69) is 34.7 Å². The van der Waals surface area contributed by atoms with Gasteiger partial charge in [-0.1, -0.05) is 56.5 Å². The van der Waals surface area contributed by atoms with E-state index < -0.39 is 0 Å². The van der Waals surface area contributed by atoms with E-state index in [1.165, 1.54) is 24.8 Å². The fourth-order valence-electron chi connectivity index (χ4n) is 3.16. The van der Waals surface area contributed by atoms with Gasteiger partial charge < -0.3 is 20.3 Å². The minimum atomic E-state index is 0.00369. The number of nitrogens with one attached hydrogen (secondary N) is 2. The van der Waals surface area contributed by atoms with E-state index in [0.29, 0.717) is 25.2 Å². The van der Waals surface area contributed by atoms with Crippen LogP contribution in [0.1, 0.15) is 44.6 Å². The standard InChI is InChI=1S/C22H36N4O2/c1-18(16-28-17-19-10-6-4-7-11-19)14-23-22(24-15-21(27)26(2)3)25-20-12-8-5-9-13-20/h4,6-7,10-11,18,20H,5,8-9,12-17H2,1-3H3,(H2,23,24,25). The van der Waals surface area contributed by atoms with Crippen LogP contribution in [0.4, 0.5) is 0 Å². The number of ether oxygens (including phenoxy) is 1. The van der Waals surface area contributed by atoms with Gasteiger partial charge in [0.05, 0.1) is 13.2 Å². The lowest BCUT2D eigenvalue weighted by Gasteiger charge is -2.26. The molecule has 1 saturated carbocycles. The van der Waals surface area contributed by atoms with Gasteiger partial charge in [-0.05, 0) is 24.3 Å². The maximum absolute atomic E-state index is 11.9. The number of likely N-dealkylation sites (N-methyl/N-ethyl adjacent to an activating group) is 1. The summed E-state index contributed by atoms with van der Waals surface area (Å²) in [6.45, 7) is 4.37. The molecule has 1 aliphatic rings. The Kier molecular flexibility index (Phi) is 9.83. The molecule has 0 aromatic heterocycles. The maximum atomic E-state index is 11.9. The van der Waals surface area contributed by atoms with E-state index in [0.717, 1.165) is 25.3 Å². The van der Waals surface area contributed by atoms with Crippen LogP contribution in [0.25, 0.3) is 0 Å². The Morgan fingerprint density at radius 3 is 2.61 bits per heavy atom. The molecule has 0 bridgehead atoms. The molecule has 0 radical (unpaired) electrons. The molecule has 1 unspecified atom stereocenters. The number of nitrogens with zero attached hydrogens (tertiary/aromatic N) is 2. The van der Waals surface area contributed by atoms with Gasteiger partial charge in [-0.2, -0.15) is 0 Å². The summed E-state index contributed by atoms with van der Waals surface area (Å²) < 4.78 is 5.83. The molecule has 28 heavy (non-hydrogen) atoms. The van der Waals surface area contributed by atoms with Gasteiger partial charge >= 0.3 is 0 Å². The highest BCUT2D eigenvalue weighted by molar-refractivity contribution is 5.84. The summed E-state index contributed by atoms with van der Waals surface area (Å²) in [7, 11) is 3.51.